The summed E-state index contributed by atoms with van der Waals surface area (Å²) in [5, 5.41) is 8.98. The third kappa shape index (κ3) is 4.71. The molecule has 1 aromatic heterocycles. The quantitative estimate of drug-likeness (QED) is 0.483. The number of methoxy groups -OCH3 is 1. The van der Waals surface area contributed by atoms with Crippen LogP contribution in [0.25, 0.3) is 0 Å². The number of aromatic nitrogens is 2. The molecular formula is C24H27ClN4OS. The van der Waals surface area contributed by atoms with Crippen LogP contribution in [0.2, 0.25) is 5.02 Å². The van der Waals surface area contributed by atoms with Gasteiger partial charge in [0.05, 0.1) is 7.11 Å². The predicted octanol–water partition coefficient (Wildman–Crippen LogP) is 5.30. The van der Waals surface area contributed by atoms with Gasteiger partial charge in [0.2, 0.25) is 5.13 Å². The monoisotopic (exact) mass is 454 g/mol. The number of hydrogen-bond acceptors (Lipinski definition) is 6. The Morgan fingerprint density at radius 1 is 1.06 bits per heavy atom. The molecule has 2 aliphatic rings. The van der Waals surface area contributed by atoms with Crippen molar-refractivity contribution >= 4 is 28.3 Å². The number of nitrogens with one attached hydrogen (secondary N) is 2. The first-order chi connectivity index (χ1) is 15.1. The third-order valence-corrected chi connectivity index (χ3v) is 7.50. The van der Waals surface area contributed by atoms with Crippen molar-refractivity contribution in [3.63, 3.8) is 0 Å². The highest BCUT2D eigenvalue weighted by atomic mass is 35.5. The number of rotatable bonds is 8. The van der Waals surface area contributed by atoms with E-state index in [9.17, 15) is 0 Å². The fourth-order valence-electron chi connectivity index (χ4n) is 5.00. The molecule has 0 radical (unpaired) electrons. The Labute approximate surface area is 192 Å². The molecule has 3 aromatic rings. The second kappa shape index (κ2) is 8.77. The van der Waals surface area contributed by atoms with Crippen LogP contribution in [0.1, 0.15) is 42.6 Å². The summed E-state index contributed by atoms with van der Waals surface area (Å²) in [6, 6.07) is 17.2. The lowest BCUT2D eigenvalue weighted by molar-refractivity contribution is -0.0126. The van der Waals surface area contributed by atoms with Crippen LogP contribution >= 0.6 is 23.1 Å². The van der Waals surface area contributed by atoms with Crippen molar-refractivity contribution < 1.29 is 4.74 Å². The van der Waals surface area contributed by atoms with Crippen molar-refractivity contribution in [3.05, 3.63) is 70.5 Å². The highest BCUT2D eigenvalue weighted by Crippen LogP contribution is 2.56. The molecule has 2 saturated carbocycles. The highest BCUT2D eigenvalue weighted by Gasteiger charge is 2.52. The largest absolute Gasteiger partial charge is 0.496 e. The molecule has 0 unspecified atom stereocenters. The summed E-state index contributed by atoms with van der Waals surface area (Å²) < 4.78 is 9.96. The summed E-state index contributed by atoms with van der Waals surface area (Å²) in [5.74, 6) is 1.83. The van der Waals surface area contributed by atoms with E-state index in [0.29, 0.717) is 17.5 Å². The van der Waals surface area contributed by atoms with E-state index in [4.69, 9.17) is 16.3 Å². The van der Waals surface area contributed by atoms with Crippen LogP contribution < -0.4 is 15.4 Å². The molecule has 31 heavy (non-hydrogen) atoms. The molecule has 162 valence electrons. The molecule has 5 rings (SSSR count). The van der Waals surface area contributed by atoms with E-state index in [2.05, 4.69) is 32.1 Å². The predicted molar refractivity (Wildman–Crippen MR) is 126 cm³/mol. The number of para-hydroxylation sites is 1. The standard InChI is InChI=1S/C24H27ClN4OS/c1-30-21-5-3-2-4-17(21)15-26-19-11-24(12-19)13-20(14-24)27-23-28-22(29-31-23)10-16-6-8-18(25)9-7-16/h2-9,19-20,26H,10-15H2,1H3,(H,27,28,29). The summed E-state index contributed by atoms with van der Waals surface area (Å²) >= 11 is 7.42. The van der Waals surface area contributed by atoms with Gasteiger partial charge >= 0.3 is 0 Å². The number of anilines is 1. The number of nitrogens with zero attached hydrogens (tertiary/aromatic N) is 2. The lowest BCUT2D eigenvalue weighted by Crippen LogP contribution is -2.58. The highest BCUT2D eigenvalue weighted by molar-refractivity contribution is 7.09. The molecule has 2 N–H and O–H groups in total. The minimum absolute atomic E-state index is 0.520. The zero-order chi connectivity index (χ0) is 21.3. The Morgan fingerprint density at radius 2 is 1.81 bits per heavy atom. The molecule has 2 aromatic carbocycles. The summed E-state index contributed by atoms with van der Waals surface area (Å²) in [4.78, 5) is 4.67. The second-order valence-electron chi connectivity index (χ2n) is 8.87. The van der Waals surface area contributed by atoms with Gasteiger partial charge in [-0.05, 0) is 54.9 Å². The molecule has 5 nitrogen and oxygen atoms in total. The fraction of sp³-hybridized carbons (Fsp3) is 0.417. The zero-order valence-electron chi connectivity index (χ0n) is 17.6. The minimum Gasteiger partial charge on any atom is -0.496 e. The summed E-state index contributed by atoms with van der Waals surface area (Å²) in [6.07, 6.45) is 5.72. The van der Waals surface area contributed by atoms with Gasteiger partial charge in [0, 0.05) is 47.2 Å². The Morgan fingerprint density at radius 3 is 2.58 bits per heavy atom. The molecule has 0 saturated heterocycles. The van der Waals surface area contributed by atoms with Crippen molar-refractivity contribution in [2.24, 2.45) is 5.41 Å². The average molecular weight is 455 g/mol. The third-order valence-electron chi connectivity index (χ3n) is 6.56. The van der Waals surface area contributed by atoms with E-state index in [1.165, 1.54) is 48.3 Å². The van der Waals surface area contributed by atoms with Gasteiger partial charge in [-0.1, -0.05) is 41.9 Å². The lowest BCUT2D eigenvalue weighted by Gasteiger charge is -2.58. The summed E-state index contributed by atoms with van der Waals surface area (Å²) in [7, 11) is 1.73. The molecule has 0 bridgehead atoms. The van der Waals surface area contributed by atoms with E-state index >= 15 is 0 Å². The molecular weight excluding hydrogens is 428 g/mol. The molecule has 0 atom stereocenters. The Bertz CT molecular complexity index is 1020. The Hall–Kier alpha value is -2.15. The van der Waals surface area contributed by atoms with E-state index in [1.807, 2.05) is 36.4 Å². The van der Waals surface area contributed by atoms with E-state index in [1.54, 1.807) is 7.11 Å². The normalized spacial score (nSPS) is 24.5. The molecule has 0 amide bonds. The van der Waals surface area contributed by atoms with Crippen LogP contribution in [-0.4, -0.2) is 28.6 Å². The Balaban J connectivity index is 1.05. The first kappa shape index (κ1) is 20.7. The van der Waals surface area contributed by atoms with Gasteiger partial charge < -0.3 is 15.4 Å². The van der Waals surface area contributed by atoms with Gasteiger partial charge in [-0.15, -0.1) is 0 Å². The maximum Gasteiger partial charge on any atom is 0.202 e. The van der Waals surface area contributed by atoms with Gasteiger partial charge in [-0.25, -0.2) is 4.98 Å². The number of hydrogen-bond donors (Lipinski definition) is 2. The number of benzene rings is 2. The van der Waals surface area contributed by atoms with Crippen LogP contribution in [0.15, 0.2) is 48.5 Å². The first-order valence-electron chi connectivity index (χ1n) is 10.8. The smallest absolute Gasteiger partial charge is 0.202 e. The maximum atomic E-state index is 5.96. The second-order valence-corrected chi connectivity index (χ2v) is 10.1. The van der Waals surface area contributed by atoms with Crippen LogP contribution in [0, 0.1) is 5.41 Å². The zero-order valence-corrected chi connectivity index (χ0v) is 19.2. The SMILES string of the molecule is COc1ccccc1CNC1CC2(C1)CC(Nc1nc(Cc3ccc(Cl)cc3)ns1)C2. The molecule has 2 aliphatic carbocycles. The molecule has 0 aliphatic heterocycles. The summed E-state index contributed by atoms with van der Waals surface area (Å²) in [6.45, 7) is 0.869. The van der Waals surface area contributed by atoms with Crippen molar-refractivity contribution in [2.75, 3.05) is 12.4 Å². The lowest BCUT2D eigenvalue weighted by atomic mass is 9.52. The van der Waals surface area contributed by atoms with Gasteiger partial charge in [0.15, 0.2) is 0 Å². The number of halogens is 1. The van der Waals surface area contributed by atoms with Crippen LogP contribution in [0.4, 0.5) is 5.13 Å². The molecule has 1 spiro atoms. The van der Waals surface area contributed by atoms with Crippen molar-refractivity contribution in [2.45, 2.75) is 50.7 Å². The minimum atomic E-state index is 0.520. The molecule has 7 heteroatoms. The fourth-order valence-corrected chi connectivity index (χ4v) is 5.79. The van der Waals surface area contributed by atoms with Gasteiger partial charge in [-0.2, -0.15) is 4.37 Å². The van der Waals surface area contributed by atoms with Crippen LogP contribution in [0.3, 0.4) is 0 Å². The molecule has 2 fully saturated rings. The van der Waals surface area contributed by atoms with Gasteiger partial charge in [0.25, 0.3) is 0 Å². The summed E-state index contributed by atoms with van der Waals surface area (Å²) in [5.41, 5.74) is 2.93. The topological polar surface area (TPSA) is 59.1 Å². The van der Waals surface area contributed by atoms with Crippen LogP contribution in [-0.2, 0) is 13.0 Å². The van der Waals surface area contributed by atoms with Crippen molar-refractivity contribution in [1.29, 1.82) is 0 Å². The first-order valence-corrected chi connectivity index (χ1v) is 11.9. The maximum absolute atomic E-state index is 5.96. The van der Waals surface area contributed by atoms with Gasteiger partial charge in [0.1, 0.15) is 11.6 Å². The Kier molecular flexibility index (Phi) is 5.87. The van der Waals surface area contributed by atoms with E-state index < -0.39 is 0 Å². The van der Waals surface area contributed by atoms with Crippen molar-refractivity contribution in [3.8, 4) is 5.75 Å². The van der Waals surface area contributed by atoms with E-state index in [-0.39, 0.29) is 0 Å². The van der Waals surface area contributed by atoms with E-state index in [0.717, 1.165) is 34.7 Å². The molecule has 1 heterocycles. The van der Waals surface area contributed by atoms with Crippen LogP contribution in [0.5, 0.6) is 5.75 Å². The van der Waals surface area contributed by atoms with Crippen molar-refractivity contribution in [1.82, 2.24) is 14.7 Å². The number of ether oxygens (including phenoxy) is 1. The van der Waals surface area contributed by atoms with Gasteiger partial charge in [-0.3, -0.25) is 0 Å². The average Bonchev–Trinajstić information content (AvgIpc) is 3.17.